The van der Waals surface area contributed by atoms with Crippen LogP contribution in [0.3, 0.4) is 0 Å². The number of nitrogens with one attached hydrogen (secondary N) is 2. The lowest BCUT2D eigenvalue weighted by molar-refractivity contribution is -0.117. The van der Waals surface area contributed by atoms with Crippen LogP contribution in [0.2, 0.25) is 0 Å². The van der Waals surface area contributed by atoms with Crippen molar-refractivity contribution >= 4 is 38.4 Å². The van der Waals surface area contributed by atoms with Gasteiger partial charge in [-0.2, -0.15) is 0 Å². The van der Waals surface area contributed by atoms with Crippen molar-refractivity contribution in [3.05, 3.63) is 69.2 Å². The Balaban J connectivity index is 1.73. The molecule has 3 rings (SSSR count). The van der Waals surface area contributed by atoms with Crippen molar-refractivity contribution in [1.82, 2.24) is 14.9 Å². The largest absolute Gasteiger partial charge is 0.324 e. The molecule has 3 aromatic rings. The summed E-state index contributed by atoms with van der Waals surface area (Å²) in [6.45, 7) is 2.07. The number of amides is 1. The number of H-pyrrole nitrogens is 1. The molecule has 26 heavy (non-hydrogen) atoms. The van der Waals surface area contributed by atoms with Gasteiger partial charge in [0.25, 0.3) is 5.56 Å². The number of nitrogens with zero attached hydrogens (tertiary/aromatic N) is 2. The van der Waals surface area contributed by atoms with E-state index in [-0.39, 0.29) is 24.1 Å². The lowest BCUT2D eigenvalue weighted by atomic mass is 10.2. The van der Waals surface area contributed by atoms with Gasteiger partial charge in [0, 0.05) is 4.47 Å². The smallest absolute Gasteiger partial charge is 0.258 e. The number of anilines is 1. The number of carbonyl (C=O) groups excluding carboxylic acids is 1. The Hall–Kier alpha value is -2.51. The summed E-state index contributed by atoms with van der Waals surface area (Å²) in [7, 11) is 1.82. The molecule has 0 saturated heterocycles. The number of aromatic amines is 1. The molecular formula is C19H19BrN4O2. The number of likely N-dealkylation sites (N-methyl/N-ethyl adjacent to an activating group) is 1. The van der Waals surface area contributed by atoms with E-state index in [4.69, 9.17) is 0 Å². The topological polar surface area (TPSA) is 78.1 Å². The molecular weight excluding hydrogens is 396 g/mol. The second kappa shape index (κ2) is 7.80. The second-order valence-electron chi connectivity index (χ2n) is 6.09. The highest BCUT2D eigenvalue weighted by Gasteiger charge is 2.18. The minimum Gasteiger partial charge on any atom is -0.324 e. The summed E-state index contributed by atoms with van der Waals surface area (Å²) < 4.78 is 0.824. The van der Waals surface area contributed by atoms with Crippen molar-refractivity contribution in [3.63, 3.8) is 0 Å². The fraction of sp³-hybridized carbons (Fsp3) is 0.211. The number of fused-ring (bicyclic) bond motifs is 1. The lowest BCUT2D eigenvalue weighted by Crippen LogP contribution is -2.33. The molecule has 134 valence electrons. The minimum absolute atomic E-state index is 0.144. The highest BCUT2D eigenvalue weighted by molar-refractivity contribution is 9.10. The van der Waals surface area contributed by atoms with E-state index < -0.39 is 0 Å². The first-order valence-electron chi connectivity index (χ1n) is 8.19. The number of hydrogen-bond donors (Lipinski definition) is 2. The molecule has 7 heteroatoms. The number of aromatic nitrogens is 2. The van der Waals surface area contributed by atoms with Gasteiger partial charge in [0.1, 0.15) is 5.82 Å². The van der Waals surface area contributed by atoms with E-state index in [1.165, 1.54) is 0 Å². The van der Waals surface area contributed by atoms with E-state index in [2.05, 4.69) is 31.2 Å². The SMILES string of the molecule is C[C@H](c1nc2ccccc2c(=O)[nH]1)N(C)CC(=O)Nc1ccccc1Br. The van der Waals surface area contributed by atoms with Crippen LogP contribution in [0.5, 0.6) is 0 Å². The number of halogens is 1. The molecule has 2 N–H and O–H groups in total. The summed E-state index contributed by atoms with van der Waals surface area (Å²) in [5.74, 6) is 0.388. The van der Waals surface area contributed by atoms with Crippen LogP contribution in [0.4, 0.5) is 5.69 Å². The molecule has 6 nitrogen and oxygen atoms in total. The summed E-state index contributed by atoms with van der Waals surface area (Å²) >= 11 is 3.41. The van der Waals surface area contributed by atoms with Gasteiger partial charge in [-0.1, -0.05) is 24.3 Å². The van der Waals surface area contributed by atoms with Crippen LogP contribution in [0, 0.1) is 0 Å². The molecule has 2 aromatic carbocycles. The van der Waals surface area contributed by atoms with E-state index >= 15 is 0 Å². The molecule has 0 bridgehead atoms. The molecule has 0 radical (unpaired) electrons. The lowest BCUT2D eigenvalue weighted by Gasteiger charge is -2.23. The van der Waals surface area contributed by atoms with Gasteiger partial charge in [0.15, 0.2) is 0 Å². The van der Waals surface area contributed by atoms with Crippen molar-refractivity contribution in [2.45, 2.75) is 13.0 Å². The molecule has 1 aromatic heterocycles. The van der Waals surface area contributed by atoms with Crippen molar-refractivity contribution in [2.75, 3.05) is 18.9 Å². The standard InChI is InChI=1S/C19H19BrN4O2/c1-12(18-22-15-9-5-3-7-13(15)19(26)23-18)24(2)11-17(25)21-16-10-6-4-8-14(16)20/h3-10,12H,11H2,1-2H3,(H,21,25)(H,22,23,26)/t12-/m1/s1. The third-order valence-corrected chi connectivity index (χ3v) is 4.92. The average molecular weight is 415 g/mol. The Morgan fingerprint density at radius 1 is 1.23 bits per heavy atom. The Morgan fingerprint density at radius 2 is 1.92 bits per heavy atom. The van der Waals surface area contributed by atoms with E-state index in [9.17, 15) is 9.59 Å². The molecule has 1 atom stereocenters. The Labute approximate surface area is 159 Å². The first-order valence-corrected chi connectivity index (χ1v) is 8.98. The molecule has 0 unspecified atom stereocenters. The summed E-state index contributed by atoms with van der Waals surface area (Å²) in [4.78, 5) is 33.7. The maximum absolute atomic E-state index is 12.3. The van der Waals surface area contributed by atoms with Gasteiger partial charge in [0.05, 0.1) is 29.2 Å². The zero-order chi connectivity index (χ0) is 18.7. The van der Waals surface area contributed by atoms with Crippen LogP contribution in [-0.2, 0) is 4.79 Å². The van der Waals surface area contributed by atoms with E-state index in [1.54, 1.807) is 18.2 Å². The van der Waals surface area contributed by atoms with Crippen molar-refractivity contribution in [3.8, 4) is 0 Å². The van der Waals surface area contributed by atoms with E-state index in [1.807, 2.05) is 49.2 Å². The second-order valence-corrected chi connectivity index (χ2v) is 6.94. The highest BCUT2D eigenvalue weighted by atomic mass is 79.9. The predicted molar refractivity (Wildman–Crippen MR) is 106 cm³/mol. The van der Waals surface area contributed by atoms with Crippen LogP contribution < -0.4 is 10.9 Å². The summed E-state index contributed by atoms with van der Waals surface area (Å²) in [6.07, 6.45) is 0. The van der Waals surface area contributed by atoms with Gasteiger partial charge in [-0.3, -0.25) is 14.5 Å². The van der Waals surface area contributed by atoms with E-state index in [0.717, 1.165) is 10.2 Å². The predicted octanol–water partition coefficient (Wildman–Crippen LogP) is 3.32. The zero-order valence-electron chi connectivity index (χ0n) is 14.5. The number of rotatable bonds is 5. The van der Waals surface area contributed by atoms with Crippen LogP contribution in [0.25, 0.3) is 10.9 Å². The van der Waals surface area contributed by atoms with Crippen LogP contribution >= 0.6 is 15.9 Å². The molecule has 1 heterocycles. The molecule has 0 aliphatic rings. The molecule has 0 aliphatic heterocycles. The molecule has 0 saturated carbocycles. The van der Waals surface area contributed by atoms with Crippen molar-refractivity contribution in [1.29, 1.82) is 0 Å². The Kier molecular flexibility index (Phi) is 5.49. The average Bonchev–Trinajstić information content (AvgIpc) is 2.63. The van der Waals surface area contributed by atoms with E-state index in [0.29, 0.717) is 16.7 Å². The Morgan fingerprint density at radius 3 is 2.69 bits per heavy atom. The first kappa shape index (κ1) is 18.3. The van der Waals surface area contributed by atoms with Gasteiger partial charge in [-0.05, 0) is 54.2 Å². The molecule has 1 amide bonds. The Bertz CT molecular complexity index is 1000. The molecule has 0 aliphatic carbocycles. The van der Waals surface area contributed by atoms with Gasteiger partial charge < -0.3 is 10.3 Å². The number of carbonyl (C=O) groups is 1. The highest BCUT2D eigenvalue weighted by Crippen LogP contribution is 2.21. The van der Waals surface area contributed by atoms with Crippen LogP contribution in [0.15, 0.2) is 57.8 Å². The molecule has 0 spiro atoms. The fourth-order valence-electron chi connectivity index (χ4n) is 2.63. The van der Waals surface area contributed by atoms with Crippen molar-refractivity contribution < 1.29 is 4.79 Å². The summed E-state index contributed by atoms with van der Waals surface area (Å²) in [5, 5.41) is 3.42. The first-order chi connectivity index (χ1) is 12.5. The third kappa shape index (κ3) is 4.00. The number of hydrogen-bond acceptors (Lipinski definition) is 4. The third-order valence-electron chi connectivity index (χ3n) is 4.23. The van der Waals surface area contributed by atoms with Crippen LogP contribution in [0.1, 0.15) is 18.8 Å². The quantitative estimate of drug-likeness (QED) is 0.670. The zero-order valence-corrected chi connectivity index (χ0v) is 16.1. The normalized spacial score (nSPS) is 12.3. The van der Waals surface area contributed by atoms with Gasteiger partial charge >= 0.3 is 0 Å². The van der Waals surface area contributed by atoms with Crippen LogP contribution in [-0.4, -0.2) is 34.4 Å². The maximum atomic E-state index is 12.3. The summed E-state index contributed by atoms with van der Waals surface area (Å²) in [5.41, 5.74) is 1.18. The van der Waals surface area contributed by atoms with Gasteiger partial charge in [0.2, 0.25) is 5.91 Å². The number of benzene rings is 2. The van der Waals surface area contributed by atoms with Gasteiger partial charge in [-0.25, -0.2) is 4.98 Å². The fourth-order valence-corrected chi connectivity index (χ4v) is 3.01. The monoisotopic (exact) mass is 414 g/mol. The van der Waals surface area contributed by atoms with Gasteiger partial charge in [-0.15, -0.1) is 0 Å². The summed E-state index contributed by atoms with van der Waals surface area (Å²) in [6, 6.07) is 14.4. The number of para-hydroxylation sites is 2. The maximum Gasteiger partial charge on any atom is 0.258 e. The minimum atomic E-state index is -0.225. The van der Waals surface area contributed by atoms with Crippen molar-refractivity contribution in [2.24, 2.45) is 0 Å². The molecule has 0 fully saturated rings.